The molecule has 7 nitrogen and oxygen atoms in total. The Morgan fingerprint density at radius 2 is 1.77 bits per heavy atom. The number of hydrogen-bond donors (Lipinski definition) is 0. The Kier molecular flexibility index (Phi) is 5.67. The van der Waals surface area contributed by atoms with Crippen LogP contribution in [-0.4, -0.2) is 47.0 Å². The Balaban J connectivity index is 1.64. The summed E-state index contributed by atoms with van der Waals surface area (Å²) in [6.45, 7) is 2.86. The molecule has 4 rings (SSSR count). The molecule has 162 valence electrons. The highest BCUT2D eigenvalue weighted by Gasteiger charge is 2.34. The summed E-state index contributed by atoms with van der Waals surface area (Å²) in [5, 5.41) is 11.4. The minimum Gasteiger partial charge on any atom is -0.345 e. The number of nitro groups is 1. The predicted molar refractivity (Wildman–Crippen MR) is 108 cm³/mol. The van der Waals surface area contributed by atoms with Crippen LogP contribution in [0, 0.1) is 10.1 Å². The lowest BCUT2D eigenvalue weighted by molar-refractivity contribution is -0.383. The first kappa shape index (κ1) is 21.0. The van der Waals surface area contributed by atoms with Crippen LogP contribution in [-0.2, 0) is 6.18 Å². The van der Waals surface area contributed by atoms with Crippen molar-refractivity contribution in [1.29, 1.82) is 0 Å². The topological polar surface area (TPSA) is 79.6 Å². The van der Waals surface area contributed by atoms with Crippen molar-refractivity contribution in [2.75, 3.05) is 31.1 Å². The molecule has 30 heavy (non-hydrogen) atoms. The van der Waals surface area contributed by atoms with Gasteiger partial charge in [0.25, 0.3) is 11.2 Å². The monoisotopic (exact) mass is 442 g/mol. The molecule has 1 aromatic heterocycles. The third kappa shape index (κ3) is 4.13. The molecule has 0 amide bonds. The van der Waals surface area contributed by atoms with Gasteiger partial charge in [-0.2, -0.15) is 18.2 Å². The maximum Gasteiger partial charge on any atom is 0.416 e. The van der Waals surface area contributed by atoms with E-state index in [-0.39, 0.29) is 10.1 Å². The number of piperazine rings is 1. The zero-order valence-corrected chi connectivity index (χ0v) is 17.0. The van der Waals surface area contributed by atoms with E-state index in [0.29, 0.717) is 36.4 Å². The summed E-state index contributed by atoms with van der Waals surface area (Å²) in [6, 6.07) is 1.72. The lowest BCUT2D eigenvalue weighted by Crippen LogP contribution is -2.51. The number of alkyl halides is 3. The lowest BCUT2D eigenvalue weighted by atomic mass is 9.94. The highest BCUT2D eigenvalue weighted by atomic mass is 32.1. The van der Waals surface area contributed by atoms with E-state index < -0.39 is 27.9 Å². The summed E-state index contributed by atoms with van der Waals surface area (Å²) < 4.78 is 39.2. The largest absolute Gasteiger partial charge is 0.416 e. The second kappa shape index (κ2) is 8.10. The van der Waals surface area contributed by atoms with Gasteiger partial charge in [0.15, 0.2) is 5.13 Å². The van der Waals surface area contributed by atoms with Gasteiger partial charge in [-0.15, -0.1) is 0 Å². The van der Waals surface area contributed by atoms with Gasteiger partial charge in [0.05, 0.1) is 15.9 Å². The second-order valence-corrected chi connectivity index (χ2v) is 8.72. The quantitative estimate of drug-likeness (QED) is 0.527. The molecule has 2 fully saturated rings. The van der Waals surface area contributed by atoms with Crippen LogP contribution < -0.4 is 10.5 Å². The molecular formula is C19H21F3N4O3S. The molecule has 1 aliphatic heterocycles. The first-order chi connectivity index (χ1) is 14.2. The van der Waals surface area contributed by atoms with Crippen molar-refractivity contribution in [2.45, 2.75) is 44.3 Å². The van der Waals surface area contributed by atoms with Crippen LogP contribution in [0.1, 0.15) is 37.7 Å². The van der Waals surface area contributed by atoms with Crippen LogP contribution in [0.5, 0.6) is 0 Å². The van der Waals surface area contributed by atoms with Crippen molar-refractivity contribution in [3.8, 4) is 0 Å². The molecule has 2 heterocycles. The van der Waals surface area contributed by atoms with Crippen molar-refractivity contribution >= 4 is 32.2 Å². The summed E-state index contributed by atoms with van der Waals surface area (Å²) in [5.41, 5.74) is -2.81. The molecule has 0 N–H and O–H groups in total. The molecule has 1 aliphatic carbocycles. The molecule has 0 radical (unpaired) electrons. The highest BCUT2D eigenvalue weighted by molar-refractivity contribution is 7.22. The SMILES string of the molecule is O=c1nc(N2CCN(C3CCCCC3)CC2)sc2c([N+](=O)[O-])cc(C(F)(F)F)cc12. The van der Waals surface area contributed by atoms with Gasteiger partial charge in [0.2, 0.25) is 0 Å². The number of benzene rings is 1. The van der Waals surface area contributed by atoms with Crippen LogP contribution >= 0.6 is 11.3 Å². The third-order valence-corrected chi connectivity index (χ3v) is 7.06. The third-order valence-electron chi connectivity index (χ3n) is 5.89. The van der Waals surface area contributed by atoms with Crippen LogP contribution in [0.25, 0.3) is 10.1 Å². The molecule has 0 unspecified atom stereocenters. The highest BCUT2D eigenvalue weighted by Crippen LogP contribution is 2.38. The average Bonchev–Trinajstić information content (AvgIpc) is 2.73. The average molecular weight is 442 g/mol. The van der Waals surface area contributed by atoms with E-state index in [1.54, 1.807) is 0 Å². The number of nitro benzene ring substituents is 1. The fraction of sp³-hybridized carbons (Fsp3) is 0.579. The molecule has 0 atom stereocenters. The van der Waals surface area contributed by atoms with Crippen LogP contribution in [0.15, 0.2) is 16.9 Å². The number of halogens is 3. The normalized spacial score (nSPS) is 19.4. The fourth-order valence-electron chi connectivity index (χ4n) is 4.30. The van der Waals surface area contributed by atoms with Gasteiger partial charge >= 0.3 is 6.18 Å². The summed E-state index contributed by atoms with van der Waals surface area (Å²) in [4.78, 5) is 31.3. The van der Waals surface area contributed by atoms with E-state index in [0.717, 1.165) is 24.4 Å². The number of rotatable bonds is 3. The molecule has 2 aliphatic rings. The summed E-state index contributed by atoms with van der Waals surface area (Å²) in [5.74, 6) is 0. The zero-order chi connectivity index (χ0) is 21.5. The van der Waals surface area contributed by atoms with Gasteiger partial charge in [-0.25, -0.2) is 0 Å². The van der Waals surface area contributed by atoms with Gasteiger partial charge in [0.1, 0.15) is 4.70 Å². The van der Waals surface area contributed by atoms with E-state index in [1.807, 2.05) is 4.90 Å². The van der Waals surface area contributed by atoms with E-state index >= 15 is 0 Å². The maximum atomic E-state index is 13.1. The minimum atomic E-state index is -4.79. The van der Waals surface area contributed by atoms with E-state index in [9.17, 15) is 28.1 Å². The second-order valence-electron chi connectivity index (χ2n) is 7.74. The van der Waals surface area contributed by atoms with Gasteiger partial charge < -0.3 is 4.90 Å². The number of aromatic nitrogens is 1. The van der Waals surface area contributed by atoms with Gasteiger partial charge in [-0.05, 0) is 18.9 Å². The number of non-ortho nitro benzene ring substituents is 1. The van der Waals surface area contributed by atoms with Crippen molar-refractivity contribution in [1.82, 2.24) is 9.88 Å². The van der Waals surface area contributed by atoms with Gasteiger partial charge in [-0.1, -0.05) is 30.6 Å². The van der Waals surface area contributed by atoms with Crippen molar-refractivity contribution in [3.63, 3.8) is 0 Å². The van der Waals surface area contributed by atoms with Crippen LogP contribution in [0.2, 0.25) is 0 Å². The summed E-state index contributed by atoms with van der Waals surface area (Å²) in [6.07, 6.45) is 1.35. The Hall–Kier alpha value is -2.27. The fourth-order valence-corrected chi connectivity index (χ4v) is 5.42. The lowest BCUT2D eigenvalue weighted by Gasteiger charge is -2.40. The minimum absolute atomic E-state index is 0.0716. The Morgan fingerprint density at radius 1 is 1.10 bits per heavy atom. The van der Waals surface area contributed by atoms with E-state index in [1.165, 1.54) is 32.1 Å². The van der Waals surface area contributed by atoms with E-state index in [4.69, 9.17) is 0 Å². The molecule has 1 aromatic carbocycles. The summed E-state index contributed by atoms with van der Waals surface area (Å²) in [7, 11) is 0. The Bertz CT molecular complexity index is 1010. The molecule has 0 spiro atoms. The van der Waals surface area contributed by atoms with Crippen molar-refractivity contribution in [2.24, 2.45) is 0 Å². The molecule has 11 heteroatoms. The molecule has 1 saturated carbocycles. The van der Waals surface area contributed by atoms with Crippen LogP contribution in [0.3, 0.4) is 0 Å². The van der Waals surface area contributed by atoms with Gasteiger partial charge in [0, 0.05) is 38.3 Å². The molecule has 1 saturated heterocycles. The predicted octanol–water partition coefficient (Wildman–Crippen LogP) is 4.04. The number of anilines is 1. The smallest absolute Gasteiger partial charge is 0.345 e. The van der Waals surface area contributed by atoms with Crippen molar-refractivity contribution < 1.29 is 18.1 Å². The Morgan fingerprint density at radius 3 is 2.37 bits per heavy atom. The number of nitrogens with zero attached hydrogens (tertiary/aromatic N) is 4. The molecule has 0 bridgehead atoms. The number of hydrogen-bond acceptors (Lipinski definition) is 7. The van der Waals surface area contributed by atoms with Crippen LogP contribution in [0.4, 0.5) is 24.0 Å². The first-order valence-corrected chi connectivity index (χ1v) is 10.7. The van der Waals surface area contributed by atoms with E-state index in [2.05, 4.69) is 9.88 Å². The van der Waals surface area contributed by atoms with Gasteiger partial charge in [-0.3, -0.25) is 19.8 Å². The Labute approximate surface area is 174 Å². The number of fused-ring (bicyclic) bond motifs is 1. The zero-order valence-electron chi connectivity index (χ0n) is 16.2. The molecular weight excluding hydrogens is 421 g/mol. The first-order valence-electron chi connectivity index (χ1n) is 9.93. The van der Waals surface area contributed by atoms with Crippen molar-refractivity contribution in [3.05, 3.63) is 38.2 Å². The maximum absolute atomic E-state index is 13.1. The summed E-state index contributed by atoms with van der Waals surface area (Å²) >= 11 is 0.906. The standard InChI is InChI=1S/C19H21F3N4O3S/c20-19(21,22)12-10-14-16(15(11-12)26(28)29)30-18(23-17(14)27)25-8-6-24(7-9-25)13-4-2-1-3-5-13/h10-11,13H,1-9H2. The molecule has 2 aromatic rings.